The van der Waals surface area contributed by atoms with E-state index < -0.39 is 25.7 Å². The van der Waals surface area contributed by atoms with Crippen LogP contribution in [0.5, 0.6) is 0 Å². The van der Waals surface area contributed by atoms with Crippen molar-refractivity contribution in [1.29, 1.82) is 0 Å². The Labute approximate surface area is 139 Å². The molecule has 0 fully saturated rings. The maximum absolute atomic E-state index is 13.1. The Bertz CT molecular complexity index is 951. The molecule has 2 aromatic rings. The largest absolute Gasteiger partial charge is 0.272 e. The van der Waals surface area contributed by atoms with Gasteiger partial charge in [-0.05, 0) is 46.7 Å². The van der Waals surface area contributed by atoms with E-state index in [1.165, 1.54) is 0 Å². The van der Waals surface area contributed by atoms with Gasteiger partial charge in [0.2, 0.25) is 0 Å². The van der Waals surface area contributed by atoms with Gasteiger partial charge in [-0.25, -0.2) is 8.42 Å². The molecule has 0 amide bonds. The first-order valence-corrected chi connectivity index (χ1v) is 12.5. The number of nitrogens with zero attached hydrogens (tertiary/aromatic N) is 3. The molecule has 2 unspecified atom stereocenters. The lowest BCUT2D eigenvalue weighted by Gasteiger charge is -2.16. The summed E-state index contributed by atoms with van der Waals surface area (Å²) >= 11 is 12.1. The molecular weight excluding hydrogens is 384 g/mol. The van der Waals surface area contributed by atoms with Crippen LogP contribution in [0.2, 0.25) is 0 Å². The van der Waals surface area contributed by atoms with Gasteiger partial charge in [0, 0.05) is 0 Å². The van der Waals surface area contributed by atoms with Crippen molar-refractivity contribution in [3.63, 3.8) is 0 Å². The van der Waals surface area contributed by atoms with E-state index in [2.05, 4.69) is 12.1 Å². The third-order valence-electron chi connectivity index (χ3n) is 2.72. The van der Waals surface area contributed by atoms with E-state index in [-0.39, 0.29) is 0 Å². The van der Waals surface area contributed by atoms with Crippen LogP contribution in [0.3, 0.4) is 0 Å². The van der Waals surface area contributed by atoms with Crippen molar-refractivity contribution in [2.75, 3.05) is 0 Å². The van der Waals surface area contributed by atoms with Gasteiger partial charge in [-0.3, -0.25) is 0 Å². The highest BCUT2D eigenvalue weighted by Gasteiger charge is 2.30. The fourth-order valence-corrected chi connectivity index (χ4v) is 11.7. The molecule has 0 saturated carbocycles. The van der Waals surface area contributed by atoms with Gasteiger partial charge in [-0.15, -0.1) is 8.28 Å². The predicted octanol–water partition coefficient (Wildman–Crippen LogP) is 5.31. The maximum Gasteiger partial charge on any atom is 0.272 e. The molecule has 22 heavy (non-hydrogen) atoms. The highest BCUT2D eigenvalue weighted by molar-refractivity contribution is 8.20. The Morgan fingerprint density at radius 2 is 1.23 bits per heavy atom. The van der Waals surface area contributed by atoms with Crippen LogP contribution in [-0.4, -0.2) is 8.42 Å². The third kappa shape index (κ3) is 3.09. The second kappa shape index (κ2) is 5.65. The maximum atomic E-state index is 13.1. The van der Waals surface area contributed by atoms with Crippen LogP contribution in [0, 0.1) is 0 Å². The molecule has 0 aromatic heterocycles. The first kappa shape index (κ1) is 16.0. The molecule has 1 aliphatic rings. The van der Waals surface area contributed by atoms with Crippen LogP contribution in [0.4, 0.5) is 0 Å². The monoisotopic (exact) mass is 393 g/mol. The fourth-order valence-electron chi connectivity index (χ4n) is 1.82. The Morgan fingerprint density at radius 1 is 0.773 bits per heavy atom. The second-order valence-corrected chi connectivity index (χ2v) is 13.4. The molecule has 0 N–H and O–H groups in total. The second-order valence-electron chi connectivity index (χ2n) is 4.31. The van der Waals surface area contributed by atoms with Gasteiger partial charge in [-0.2, -0.15) is 0 Å². The number of halogens is 2. The molecule has 0 bridgehead atoms. The minimum atomic E-state index is -3.37. The van der Waals surface area contributed by atoms with Crippen molar-refractivity contribution < 1.29 is 8.42 Å². The molecule has 2 aromatic carbocycles. The normalized spacial score (nSPS) is 29.7. The van der Waals surface area contributed by atoms with Crippen LogP contribution in [0.25, 0.3) is 0 Å². The van der Waals surface area contributed by atoms with Crippen molar-refractivity contribution in [2.45, 2.75) is 9.79 Å². The summed E-state index contributed by atoms with van der Waals surface area (Å²) in [4.78, 5) is 0.610. The van der Waals surface area contributed by atoms with Crippen molar-refractivity contribution in [3.8, 4) is 0 Å². The highest BCUT2D eigenvalue weighted by atomic mass is 35.9. The molecule has 1 aliphatic heterocycles. The van der Waals surface area contributed by atoms with E-state index in [1.54, 1.807) is 60.7 Å². The van der Waals surface area contributed by atoms with Gasteiger partial charge in [-0.1, -0.05) is 40.2 Å². The quantitative estimate of drug-likeness (QED) is 0.648. The number of hydrogen-bond donors (Lipinski definition) is 0. The SMILES string of the molecule is O=S1(c2ccccc2)=NP(Cl)(Cl)=NS(=O)(c2ccccc2)=N1. The zero-order valence-corrected chi connectivity index (χ0v) is 15.0. The molecular formula is C12H10Cl2N3O2PS2. The van der Waals surface area contributed by atoms with E-state index in [0.717, 1.165) is 0 Å². The molecule has 0 radical (unpaired) electrons. The van der Waals surface area contributed by atoms with Crippen LogP contribution < -0.4 is 0 Å². The molecule has 116 valence electrons. The minimum absolute atomic E-state index is 0.305. The average molecular weight is 394 g/mol. The molecule has 0 aliphatic carbocycles. The number of benzene rings is 2. The van der Waals surface area contributed by atoms with E-state index in [9.17, 15) is 8.42 Å². The summed E-state index contributed by atoms with van der Waals surface area (Å²) in [7, 11) is -6.73. The highest BCUT2D eigenvalue weighted by Crippen LogP contribution is 2.65. The Hall–Kier alpha value is -0.850. The van der Waals surface area contributed by atoms with E-state index in [0.29, 0.717) is 9.79 Å². The Balaban J connectivity index is 2.37. The summed E-state index contributed by atoms with van der Waals surface area (Å²) in [5.41, 5.74) is 0. The van der Waals surface area contributed by atoms with E-state index >= 15 is 0 Å². The fraction of sp³-hybridized carbons (Fsp3) is 0. The van der Waals surface area contributed by atoms with Gasteiger partial charge in [0.1, 0.15) is 0 Å². The van der Waals surface area contributed by atoms with Crippen LogP contribution in [0.1, 0.15) is 0 Å². The van der Waals surface area contributed by atoms with Gasteiger partial charge >= 0.3 is 0 Å². The predicted molar refractivity (Wildman–Crippen MR) is 91.6 cm³/mol. The van der Waals surface area contributed by atoms with Gasteiger partial charge in [0.05, 0.1) is 9.79 Å². The van der Waals surface area contributed by atoms with Gasteiger partial charge in [0.15, 0.2) is 19.8 Å². The summed E-state index contributed by atoms with van der Waals surface area (Å²) in [5.74, 6) is -3.36. The molecule has 1 heterocycles. The molecule has 0 saturated heterocycles. The van der Waals surface area contributed by atoms with Crippen molar-refractivity contribution >= 4 is 48.2 Å². The lowest BCUT2D eigenvalue weighted by atomic mass is 10.4. The minimum Gasteiger partial charge on any atom is -0.220 e. The summed E-state index contributed by atoms with van der Waals surface area (Å²) in [6.07, 6.45) is 0. The van der Waals surface area contributed by atoms with Gasteiger partial charge < -0.3 is 0 Å². The number of hydrogen-bond acceptors (Lipinski definition) is 3. The van der Waals surface area contributed by atoms with E-state index in [1.807, 2.05) is 0 Å². The average Bonchev–Trinajstić information content (AvgIpc) is 2.47. The van der Waals surface area contributed by atoms with Crippen LogP contribution >= 0.6 is 28.4 Å². The number of rotatable bonds is 2. The van der Waals surface area contributed by atoms with Crippen molar-refractivity contribution in [2.24, 2.45) is 12.1 Å². The van der Waals surface area contributed by atoms with Crippen molar-refractivity contribution in [3.05, 3.63) is 60.7 Å². The molecule has 2 atom stereocenters. The van der Waals surface area contributed by atoms with E-state index in [4.69, 9.17) is 22.5 Å². The lowest BCUT2D eigenvalue weighted by molar-refractivity contribution is 0.672. The summed E-state index contributed by atoms with van der Waals surface area (Å²) in [5, 5.41) is 0. The molecule has 10 heteroatoms. The Morgan fingerprint density at radius 3 is 1.73 bits per heavy atom. The standard InChI is InChI=1S/C12H10Cl2N3O2PS2/c13-20(14)15-21(18,11-7-3-1-4-8-11)17-22(19,16-20)12-9-5-2-6-10-12/h1-10H. The topological polar surface area (TPSA) is 71.2 Å². The summed E-state index contributed by atoms with van der Waals surface area (Å²) < 4.78 is 37.9. The molecule has 3 rings (SSSR count). The van der Waals surface area contributed by atoms with Crippen molar-refractivity contribution in [1.82, 2.24) is 0 Å². The van der Waals surface area contributed by atoms with Crippen LogP contribution in [-0.2, 0) is 19.8 Å². The van der Waals surface area contributed by atoms with Gasteiger partial charge in [0.25, 0.3) is 5.91 Å². The summed E-state index contributed by atoms with van der Waals surface area (Å²) in [6.45, 7) is 0. The molecule has 5 nitrogen and oxygen atoms in total. The zero-order chi connectivity index (χ0) is 15.8. The smallest absolute Gasteiger partial charge is 0.220 e. The lowest BCUT2D eigenvalue weighted by Crippen LogP contribution is -2.06. The Kier molecular flexibility index (Phi) is 4.12. The summed E-state index contributed by atoms with van der Waals surface area (Å²) in [6, 6.07) is 16.6. The molecule has 0 spiro atoms. The van der Waals surface area contributed by atoms with Crippen LogP contribution in [0.15, 0.2) is 82.5 Å². The zero-order valence-electron chi connectivity index (χ0n) is 11.0. The first-order chi connectivity index (χ1) is 10.3. The third-order valence-corrected chi connectivity index (χ3v) is 11.7. The first-order valence-electron chi connectivity index (χ1n) is 6.03.